The van der Waals surface area contributed by atoms with Crippen LogP contribution in [0.5, 0.6) is 0 Å². The van der Waals surface area contributed by atoms with E-state index < -0.39 is 0 Å². The maximum atomic E-state index is 3.76. The van der Waals surface area contributed by atoms with Crippen LogP contribution in [0, 0.1) is 11.8 Å². The van der Waals surface area contributed by atoms with Gasteiger partial charge in [-0.15, -0.1) is 0 Å². The lowest BCUT2D eigenvalue weighted by molar-refractivity contribution is 0.273. The van der Waals surface area contributed by atoms with E-state index in [1.807, 2.05) is 6.08 Å². The van der Waals surface area contributed by atoms with Crippen LogP contribution in [-0.4, -0.2) is 0 Å². The second-order valence-corrected chi connectivity index (χ2v) is 4.12. The van der Waals surface area contributed by atoms with Crippen LogP contribution in [0.1, 0.15) is 39.5 Å². The van der Waals surface area contributed by atoms with Gasteiger partial charge in [-0.3, -0.25) is 0 Å². The molecule has 68 valence electrons. The van der Waals surface area contributed by atoms with Crippen molar-refractivity contribution in [3.05, 3.63) is 24.3 Å². The lowest BCUT2D eigenvalue weighted by Crippen LogP contribution is -2.13. The van der Waals surface area contributed by atoms with Crippen molar-refractivity contribution in [1.29, 1.82) is 0 Å². The van der Waals surface area contributed by atoms with Crippen LogP contribution >= 0.6 is 0 Å². The van der Waals surface area contributed by atoms with Crippen LogP contribution in [0.2, 0.25) is 0 Å². The van der Waals surface area contributed by atoms with Gasteiger partial charge in [-0.2, -0.15) is 0 Å². The lowest BCUT2D eigenvalue weighted by atomic mass is 9.79. The number of hydrogen-bond acceptors (Lipinski definition) is 0. The third-order valence-electron chi connectivity index (χ3n) is 2.80. The molecule has 0 saturated heterocycles. The summed E-state index contributed by atoms with van der Waals surface area (Å²) in [5.41, 5.74) is 1.32. The molecule has 1 aliphatic rings. The highest BCUT2D eigenvalue weighted by molar-refractivity contribution is 5.13. The van der Waals surface area contributed by atoms with Crippen LogP contribution < -0.4 is 0 Å². The summed E-state index contributed by atoms with van der Waals surface area (Å²) in [4.78, 5) is 0. The van der Waals surface area contributed by atoms with Gasteiger partial charge in [0, 0.05) is 0 Å². The maximum Gasteiger partial charge on any atom is -0.0254 e. The zero-order valence-corrected chi connectivity index (χ0v) is 8.34. The van der Waals surface area contributed by atoms with Crippen molar-refractivity contribution < 1.29 is 0 Å². The van der Waals surface area contributed by atoms with Crippen LogP contribution in [0.15, 0.2) is 24.3 Å². The summed E-state index contributed by atoms with van der Waals surface area (Å²) in [5.74, 6) is 1.77. The molecule has 12 heavy (non-hydrogen) atoms. The maximum absolute atomic E-state index is 3.76. The minimum absolute atomic E-state index is 0.744. The average Bonchev–Trinajstić information content (AvgIpc) is 1.97. The van der Waals surface area contributed by atoms with Gasteiger partial charge in [-0.25, -0.2) is 0 Å². The Morgan fingerprint density at radius 3 is 2.67 bits per heavy atom. The minimum atomic E-state index is 0.744. The fourth-order valence-electron chi connectivity index (χ4n) is 1.84. The second-order valence-electron chi connectivity index (χ2n) is 4.12. The van der Waals surface area contributed by atoms with Crippen molar-refractivity contribution in [3.8, 4) is 0 Å². The molecule has 0 aromatic rings. The summed E-state index contributed by atoms with van der Waals surface area (Å²) >= 11 is 0. The van der Waals surface area contributed by atoms with Crippen LogP contribution in [0.3, 0.4) is 0 Å². The lowest BCUT2D eigenvalue weighted by Gasteiger charge is -2.27. The normalized spacial score (nSPS) is 21.7. The van der Waals surface area contributed by atoms with E-state index in [9.17, 15) is 0 Å². The molecule has 0 nitrogen and oxygen atoms in total. The first-order valence-electron chi connectivity index (χ1n) is 5.03. The Morgan fingerprint density at radius 2 is 2.25 bits per heavy atom. The molecule has 0 aromatic heterocycles. The summed E-state index contributed by atoms with van der Waals surface area (Å²) in [6.07, 6.45) is 10.0. The number of rotatable bonds is 4. The average molecular weight is 164 g/mol. The summed E-state index contributed by atoms with van der Waals surface area (Å²) in [6.45, 7) is 8.20. The second kappa shape index (κ2) is 4.49. The largest absolute Gasteiger partial charge is 0.0988 e. The molecule has 1 atom stereocenters. The van der Waals surface area contributed by atoms with Gasteiger partial charge in [0.15, 0.2) is 0 Å². The molecule has 0 spiro atoms. The topological polar surface area (TPSA) is 0 Å². The van der Waals surface area contributed by atoms with E-state index in [4.69, 9.17) is 0 Å². The fourth-order valence-corrected chi connectivity index (χ4v) is 1.84. The quantitative estimate of drug-likeness (QED) is 0.552. The Balaban J connectivity index is 2.26. The first kappa shape index (κ1) is 9.57. The first-order chi connectivity index (χ1) is 5.72. The van der Waals surface area contributed by atoms with E-state index >= 15 is 0 Å². The SMILES string of the molecule is C=C/C(C)=C\C(C)CC1CCC1. The highest BCUT2D eigenvalue weighted by atomic mass is 14.2. The molecule has 1 rings (SSSR count). The molecule has 0 aliphatic heterocycles. The molecule has 1 saturated carbocycles. The van der Waals surface area contributed by atoms with E-state index in [2.05, 4.69) is 26.5 Å². The Bertz CT molecular complexity index is 172. The minimum Gasteiger partial charge on any atom is -0.0988 e. The van der Waals surface area contributed by atoms with Crippen molar-refractivity contribution in [3.63, 3.8) is 0 Å². The molecular weight excluding hydrogens is 144 g/mol. The predicted octanol–water partition coefficient (Wildman–Crippen LogP) is 3.95. The van der Waals surface area contributed by atoms with Gasteiger partial charge >= 0.3 is 0 Å². The molecule has 0 radical (unpaired) electrons. The molecular formula is C12H20. The van der Waals surface area contributed by atoms with E-state index in [1.165, 1.54) is 31.3 Å². The Hall–Kier alpha value is -0.520. The molecule has 0 bridgehead atoms. The smallest absolute Gasteiger partial charge is 0.0254 e. The van der Waals surface area contributed by atoms with E-state index in [-0.39, 0.29) is 0 Å². The zero-order valence-electron chi connectivity index (χ0n) is 8.34. The van der Waals surface area contributed by atoms with E-state index in [1.54, 1.807) is 0 Å². The predicted molar refractivity (Wildman–Crippen MR) is 55.1 cm³/mol. The number of hydrogen-bond donors (Lipinski definition) is 0. The van der Waals surface area contributed by atoms with Gasteiger partial charge in [-0.1, -0.05) is 50.5 Å². The van der Waals surface area contributed by atoms with Gasteiger partial charge in [0.1, 0.15) is 0 Å². The molecule has 0 heteroatoms. The van der Waals surface area contributed by atoms with Crippen molar-refractivity contribution in [1.82, 2.24) is 0 Å². The van der Waals surface area contributed by atoms with Crippen molar-refractivity contribution in [2.45, 2.75) is 39.5 Å². The molecule has 1 unspecified atom stereocenters. The van der Waals surface area contributed by atoms with Gasteiger partial charge in [-0.05, 0) is 25.2 Å². The Labute approximate surface area is 76.4 Å². The molecule has 0 N–H and O–H groups in total. The van der Waals surface area contributed by atoms with Crippen LogP contribution in [0.25, 0.3) is 0 Å². The van der Waals surface area contributed by atoms with Crippen LogP contribution in [0.4, 0.5) is 0 Å². The highest BCUT2D eigenvalue weighted by Crippen LogP contribution is 2.32. The molecule has 1 fully saturated rings. The van der Waals surface area contributed by atoms with Gasteiger partial charge < -0.3 is 0 Å². The molecule has 0 heterocycles. The zero-order chi connectivity index (χ0) is 8.97. The third kappa shape index (κ3) is 2.84. The summed E-state index contributed by atoms with van der Waals surface area (Å²) in [6, 6.07) is 0. The highest BCUT2D eigenvalue weighted by Gasteiger charge is 2.18. The Kier molecular flexibility index (Phi) is 3.58. The van der Waals surface area contributed by atoms with Crippen molar-refractivity contribution in [2.75, 3.05) is 0 Å². The summed E-state index contributed by atoms with van der Waals surface area (Å²) in [7, 11) is 0. The van der Waals surface area contributed by atoms with Crippen molar-refractivity contribution in [2.24, 2.45) is 11.8 Å². The Morgan fingerprint density at radius 1 is 1.58 bits per heavy atom. The van der Waals surface area contributed by atoms with Crippen molar-refractivity contribution >= 4 is 0 Å². The molecule has 1 aliphatic carbocycles. The summed E-state index contributed by atoms with van der Waals surface area (Å²) in [5, 5.41) is 0. The van der Waals surface area contributed by atoms with Gasteiger partial charge in [0.2, 0.25) is 0 Å². The third-order valence-corrected chi connectivity index (χ3v) is 2.80. The summed E-state index contributed by atoms with van der Waals surface area (Å²) < 4.78 is 0. The first-order valence-corrected chi connectivity index (χ1v) is 5.03. The molecule has 0 aromatic carbocycles. The van der Waals surface area contributed by atoms with E-state index in [0.717, 1.165) is 11.8 Å². The number of allylic oxidation sites excluding steroid dienone is 3. The monoisotopic (exact) mass is 164 g/mol. The fraction of sp³-hybridized carbons (Fsp3) is 0.667. The molecule has 0 amide bonds. The van der Waals surface area contributed by atoms with E-state index in [0.29, 0.717) is 0 Å². The van der Waals surface area contributed by atoms with Gasteiger partial charge in [0.25, 0.3) is 0 Å². The van der Waals surface area contributed by atoms with Crippen LogP contribution in [-0.2, 0) is 0 Å². The standard InChI is InChI=1S/C12H20/c1-4-10(2)8-11(3)9-12-6-5-7-12/h4,8,11-12H,1,5-7,9H2,2-3H3/b10-8-. The van der Waals surface area contributed by atoms with Gasteiger partial charge in [0.05, 0.1) is 0 Å².